The van der Waals surface area contributed by atoms with Gasteiger partial charge in [0.05, 0.1) is 21.8 Å². The summed E-state index contributed by atoms with van der Waals surface area (Å²) < 4.78 is 1.50. The smallest absolute Gasteiger partial charge is 0.263 e. The van der Waals surface area contributed by atoms with Gasteiger partial charge in [0.25, 0.3) is 5.56 Å². The Kier molecular flexibility index (Phi) is 5.54. The molecule has 0 saturated carbocycles. The SMILES string of the molecule is Cn1c(SCC(=O)Nc2ccccc2Cl)nc2scc(-c3cccs3)c2c1=O. The molecule has 0 radical (unpaired) electrons. The Labute approximate surface area is 178 Å². The number of hydrogen-bond donors (Lipinski definition) is 1. The summed E-state index contributed by atoms with van der Waals surface area (Å²) >= 11 is 10.3. The number of aromatic nitrogens is 2. The molecule has 3 heterocycles. The summed E-state index contributed by atoms with van der Waals surface area (Å²) in [6, 6.07) is 11.0. The number of hydrogen-bond acceptors (Lipinski definition) is 6. The highest BCUT2D eigenvalue weighted by atomic mass is 35.5. The lowest BCUT2D eigenvalue weighted by Crippen LogP contribution is -2.21. The quantitative estimate of drug-likeness (QED) is 0.341. The van der Waals surface area contributed by atoms with Crippen LogP contribution in [0.4, 0.5) is 5.69 Å². The molecule has 5 nitrogen and oxygen atoms in total. The summed E-state index contributed by atoms with van der Waals surface area (Å²) in [6.45, 7) is 0. The summed E-state index contributed by atoms with van der Waals surface area (Å²) in [6.07, 6.45) is 0. The van der Waals surface area contributed by atoms with Crippen molar-refractivity contribution in [3.8, 4) is 10.4 Å². The van der Waals surface area contributed by atoms with Gasteiger partial charge in [-0.1, -0.05) is 41.6 Å². The second kappa shape index (κ2) is 8.08. The van der Waals surface area contributed by atoms with Crippen molar-refractivity contribution in [2.24, 2.45) is 7.05 Å². The fourth-order valence-corrected chi connectivity index (χ4v) is 5.43. The number of para-hydroxylation sites is 1. The summed E-state index contributed by atoms with van der Waals surface area (Å²) in [4.78, 5) is 31.5. The van der Waals surface area contributed by atoms with Crippen LogP contribution < -0.4 is 10.9 Å². The van der Waals surface area contributed by atoms with Crippen LogP contribution in [0.3, 0.4) is 0 Å². The van der Waals surface area contributed by atoms with Gasteiger partial charge in [-0.25, -0.2) is 4.98 Å². The molecule has 4 aromatic rings. The largest absolute Gasteiger partial charge is 0.324 e. The third-order valence-corrected chi connectivity index (χ3v) is 7.18. The molecule has 0 aliphatic carbocycles. The summed E-state index contributed by atoms with van der Waals surface area (Å²) in [7, 11) is 1.68. The second-order valence-corrected chi connectivity index (χ2v) is 9.04. The number of carbonyl (C=O) groups is 1. The van der Waals surface area contributed by atoms with Crippen LogP contribution in [0.1, 0.15) is 0 Å². The third kappa shape index (κ3) is 3.73. The van der Waals surface area contributed by atoms with E-state index in [1.807, 2.05) is 22.9 Å². The van der Waals surface area contributed by atoms with Crippen LogP contribution in [-0.2, 0) is 11.8 Å². The number of thiophene rings is 2. The minimum atomic E-state index is -0.210. The molecule has 0 aliphatic heterocycles. The maximum absolute atomic E-state index is 12.9. The van der Waals surface area contributed by atoms with Gasteiger partial charge in [0, 0.05) is 22.9 Å². The van der Waals surface area contributed by atoms with E-state index in [0.717, 1.165) is 10.4 Å². The van der Waals surface area contributed by atoms with Crippen molar-refractivity contribution >= 4 is 67.8 Å². The Morgan fingerprint density at radius 3 is 2.82 bits per heavy atom. The van der Waals surface area contributed by atoms with Crippen LogP contribution in [0.5, 0.6) is 0 Å². The number of carbonyl (C=O) groups excluding carboxylic acids is 1. The Bertz CT molecular complexity index is 1220. The maximum Gasteiger partial charge on any atom is 0.263 e. The zero-order valence-electron chi connectivity index (χ0n) is 14.6. The Balaban J connectivity index is 1.56. The van der Waals surface area contributed by atoms with Gasteiger partial charge in [-0.05, 0) is 23.6 Å². The average molecular weight is 448 g/mol. The number of nitrogens with one attached hydrogen (secondary N) is 1. The van der Waals surface area contributed by atoms with Gasteiger partial charge in [-0.15, -0.1) is 22.7 Å². The van der Waals surface area contributed by atoms with E-state index in [-0.39, 0.29) is 17.2 Å². The van der Waals surface area contributed by atoms with E-state index < -0.39 is 0 Å². The Hall–Kier alpha value is -2.13. The first-order valence-corrected chi connectivity index (χ1v) is 11.4. The molecule has 0 aliphatic rings. The molecular weight excluding hydrogens is 434 g/mol. The van der Waals surface area contributed by atoms with Crippen LogP contribution in [0.2, 0.25) is 5.02 Å². The standard InChI is InChI=1S/C19H14ClN3O2S3/c1-23-18(25)16-11(14-7-4-8-26-14)9-27-17(16)22-19(23)28-10-15(24)21-13-6-3-2-5-12(13)20/h2-9H,10H2,1H3,(H,21,24). The normalized spacial score (nSPS) is 11.1. The molecule has 0 saturated heterocycles. The van der Waals surface area contributed by atoms with Crippen molar-refractivity contribution in [1.82, 2.24) is 9.55 Å². The number of fused-ring (bicyclic) bond motifs is 1. The van der Waals surface area contributed by atoms with E-state index in [1.165, 1.54) is 27.7 Å². The number of benzene rings is 1. The zero-order chi connectivity index (χ0) is 19.7. The Morgan fingerprint density at radius 1 is 1.25 bits per heavy atom. The van der Waals surface area contributed by atoms with Gasteiger partial charge >= 0.3 is 0 Å². The number of rotatable bonds is 5. The molecule has 28 heavy (non-hydrogen) atoms. The fourth-order valence-electron chi connectivity index (χ4n) is 2.67. The first-order valence-electron chi connectivity index (χ1n) is 8.24. The van der Waals surface area contributed by atoms with Gasteiger partial charge < -0.3 is 5.32 Å². The molecule has 1 amide bonds. The lowest BCUT2D eigenvalue weighted by molar-refractivity contribution is -0.113. The van der Waals surface area contributed by atoms with Crippen molar-refractivity contribution in [2.45, 2.75) is 5.16 Å². The van der Waals surface area contributed by atoms with Crippen LogP contribution >= 0.6 is 46.0 Å². The number of anilines is 1. The highest BCUT2D eigenvalue weighted by Gasteiger charge is 2.17. The van der Waals surface area contributed by atoms with Gasteiger partial charge in [0.15, 0.2) is 5.16 Å². The van der Waals surface area contributed by atoms with Crippen molar-refractivity contribution in [3.05, 3.63) is 62.5 Å². The summed E-state index contributed by atoms with van der Waals surface area (Å²) in [5.74, 6) is -0.0851. The molecular formula is C19H14ClN3O2S3. The maximum atomic E-state index is 12.9. The molecule has 0 atom stereocenters. The highest BCUT2D eigenvalue weighted by molar-refractivity contribution is 7.99. The lowest BCUT2D eigenvalue weighted by Gasteiger charge is -2.09. The highest BCUT2D eigenvalue weighted by Crippen LogP contribution is 2.34. The van der Waals surface area contributed by atoms with E-state index >= 15 is 0 Å². The van der Waals surface area contributed by atoms with E-state index in [9.17, 15) is 9.59 Å². The topological polar surface area (TPSA) is 64.0 Å². The predicted molar refractivity (Wildman–Crippen MR) is 119 cm³/mol. The Morgan fingerprint density at radius 2 is 2.07 bits per heavy atom. The fraction of sp³-hybridized carbons (Fsp3) is 0.105. The number of nitrogens with zero attached hydrogens (tertiary/aromatic N) is 2. The third-order valence-electron chi connectivity index (χ3n) is 4.04. The average Bonchev–Trinajstić information content (AvgIpc) is 3.35. The second-order valence-electron chi connectivity index (χ2n) is 5.88. The van der Waals surface area contributed by atoms with Gasteiger partial charge in [0.1, 0.15) is 4.83 Å². The number of amides is 1. The molecule has 142 valence electrons. The van der Waals surface area contributed by atoms with Crippen LogP contribution in [0, 0.1) is 0 Å². The molecule has 0 bridgehead atoms. The molecule has 9 heteroatoms. The van der Waals surface area contributed by atoms with E-state index in [4.69, 9.17) is 11.6 Å². The minimum absolute atomic E-state index is 0.108. The lowest BCUT2D eigenvalue weighted by atomic mass is 10.2. The van der Waals surface area contributed by atoms with Crippen LogP contribution in [-0.4, -0.2) is 21.2 Å². The predicted octanol–water partition coefficient (Wildman–Crippen LogP) is 5.11. The van der Waals surface area contributed by atoms with Crippen molar-refractivity contribution < 1.29 is 4.79 Å². The van der Waals surface area contributed by atoms with Crippen molar-refractivity contribution in [3.63, 3.8) is 0 Å². The van der Waals surface area contributed by atoms with Crippen LogP contribution in [0.25, 0.3) is 20.7 Å². The number of halogens is 1. The first kappa shape index (κ1) is 19.2. The van der Waals surface area contributed by atoms with Crippen LogP contribution in [0.15, 0.2) is 57.1 Å². The summed E-state index contributed by atoms with van der Waals surface area (Å²) in [5, 5.41) is 8.33. The molecule has 1 N–H and O–H groups in total. The van der Waals surface area contributed by atoms with E-state index in [2.05, 4.69) is 10.3 Å². The molecule has 0 fully saturated rings. The molecule has 4 rings (SSSR count). The molecule has 0 unspecified atom stereocenters. The molecule has 3 aromatic heterocycles. The monoisotopic (exact) mass is 447 g/mol. The number of thioether (sulfide) groups is 1. The first-order chi connectivity index (χ1) is 13.5. The van der Waals surface area contributed by atoms with Gasteiger partial charge in [0.2, 0.25) is 5.91 Å². The van der Waals surface area contributed by atoms with E-state index in [1.54, 1.807) is 42.6 Å². The minimum Gasteiger partial charge on any atom is -0.324 e. The van der Waals surface area contributed by atoms with E-state index in [0.29, 0.717) is 26.1 Å². The van der Waals surface area contributed by atoms with Crippen molar-refractivity contribution in [2.75, 3.05) is 11.1 Å². The molecule has 1 aromatic carbocycles. The van der Waals surface area contributed by atoms with Gasteiger partial charge in [-0.2, -0.15) is 0 Å². The van der Waals surface area contributed by atoms with Gasteiger partial charge in [-0.3, -0.25) is 14.2 Å². The zero-order valence-corrected chi connectivity index (χ0v) is 17.8. The summed E-state index contributed by atoms with van der Waals surface area (Å²) in [5.41, 5.74) is 1.37. The molecule has 0 spiro atoms. The van der Waals surface area contributed by atoms with Crippen molar-refractivity contribution in [1.29, 1.82) is 0 Å².